The average molecular weight is 458 g/mol. The summed E-state index contributed by atoms with van der Waals surface area (Å²) in [6, 6.07) is 10.0. The normalized spacial score (nSPS) is 18.7. The molecule has 0 aliphatic carbocycles. The number of pyridine rings is 1. The van der Waals surface area contributed by atoms with E-state index in [1.807, 2.05) is 31.4 Å². The van der Waals surface area contributed by atoms with Gasteiger partial charge in [-0.1, -0.05) is 11.3 Å². The molecule has 1 aliphatic rings. The van der Waals surface area contributed by atoms with Crippen LogP contribution in [0.1, 0.15) is 30.1 Å². The molecule has 2 atom stereocenters. The minimum Gasteiger partial charge on any atom is -0.367 e. The summed E-state index contributed by atoms with van der Waals surface area (Å²) in [4.78, 5) is 28.4. The number of piperidine rings is 1. The molecule has 2 N–H and O–H groups in total. The summed E-state index contributed by atoms with van der Waals surface area (Å²) < 4.78 is 1.66. The molecule has 2 unspecified atom stereocenters. The van der Waals surface area contributed by atoms with Gasteiger partial charge in [0.15, 0.2) is 0 Å². The van der Waals surface area contributed by atoms with Crippen molar-refractivity contribution in [3.63, 3.8) is 0 Å². The van der Waals surface area contributed by atoms with E-state index in [9.17, 15) is 4.79 Å². The maximum Gasteiger partial charge on any atom is 0.258 e. The first-order valence-corrected chi connectivity index (χ1v) is 11.3. The second kappa shape index (κ2) is 9.14. The van der Waals surface area contributed by atoms with E-state index in [1.54, 1.807) is 29.2 Å². The molecule has 1 fully saturated rings. The number of nitrogens with one attached hydrogen (secondary N) is 2. The molecule has 0 saturated carbocycles. The van der Waals surface area contributed by atoms with Crippen LogP contribution in [0, 0.1) is 0 Å². The molecule has 10 heteroatoms. The third-order valence-corrected chi connectivity index (χ3v) is 6.31. The highest BCUT2D eigenvalue weighted by atomic mass is 16.1. The predicted octanol–water partition coefficient (Wildman–Crippen LogP) is 2.97. The first-order valence-electron chi connectivity index (χ1n) is 11.3. The van der Waals surface area contributed by atoms with Gasteiger partial charge in [0.25, 0.3) is 5.91 Å². The molecule has 5 rings (SSSR count). The number of benzene rings is 1. The second-order valence-corrected chi connectivity index (χ2v) is 8.79. The van der Waals surface area contributed by atoms with Crippen LogP contribution in [0.25, 0.3) is 22.2 Å². The van der Waals surface area contributed by atoms with E-state index in [2.05, 4.69) is 49.8 Å². The van der Waals surface area contributed by atoms with Crippen LogP contribution >= 0.6 is 0 Å². The summed E-state index contributed by atoms with van der Waals surface area (Å²) >= 11 is 0. The molecule has 1 aliphatic heterocycles. The highest BCUT2D eigenvalue weighted by Crippen LogP contribution is 2.29. The SMILES string of the molecule is CC1CC(Nc2nc(NC(=O)c3ccncc3)nc3cc(-c4cn(C)nn4)ccc23)CCN1C. The Balaban J connectivity index is 1.52. The Kier molecular flexibility index (Phi) is 5.89. The van der Waals surface area contributed by atoms with Crippen molar-refractivity contribution in [1.82, 2.24) is 34.8 Å². The first kappa shape index (κ1) is 21.9. The molecule has 0 spiro atoms. The highest BCUT2D eigenvalue weighted by molar-refractivity contribution is 6.04. The molecule has 1 amide bonds. The van der Waals surface area contributed by atoms with Crippen molar-refractivity contribution in [3.05, 3.63) is 54.5 Å². The third-order valence-electron chi connectivity index (χ3n) is 6.31. The van der Waals surface area contributed by atoms with E-state index in [0.29, 0.717) is 22.9 Å². The van der Waals surface area contributed by atoms with Crippen LogP contribution in [0.4, 0.5) is 11.8 Å². The van der Waals surface area contributed by atoms with Gasteiger partial charge in [-0.25, -0.2) is 4.98 Å². The standard InChI is InChI=1S/C24H27N9O/c1-15-12-18(8-11-32(15)2)26-22-19-5-4-17(21-14-33(3)31-30-21)13-20(19)27-24(28-22)29-23(34)16-6-9-25-10-7-16/h4-7,9-10,13-15,18H,8,11-12H2,1-3H3,(H2,26,27,28,29,34). The lowest BCUT2D eigenvalue weighted by molar-refractivity contribution is 0.102. The number of anilines is 2. The minimum atomic E-state index is -0.286. The molecule has 174 valence electrons. The highest BCUT2D eigenvalue weighted by Gasteiger charge is 2.24. The second-order valence-electron chi connectivity index (χ2n) is 8.79. The molecule has 4 aromatic rings. The number of aryl methyl sites for hydroxylation is 1. The topological polar surface area (TPSA) is 114 Å². The Bertz CT molecular complexity index is 1320. The number of hydrogen-bond acceptors (Lipinski definition) is 8. The van der Waals surface area contributed by atoms with E-state index >= 15 is 0 Å². The van der Waals surface area contributed by atoms with Crippen molar-refractivity contribution in [3.8, 4) is 11.3 Å². The van der Waals surface area contributed by atoms with Crippen LogP contribution < -0.4 is 10.6 Å². The lowest BCUT2D eigenvalue weighted by atomic mass is 9.99. The number of nitrogens with zero attached hydrogens (tertiary/aromatic N) is 7. The maximum absolute atomic E-state index is 12.8. The number of likely N-dealkylation sites (tertiary alicyclic amines) is 1. The Morgan fingerprint density at radius 1 is 1.12 bits per heavy atom. The number of amides is 1. The summed E-state index contributed by atoms with van der Waals surface area (Å²) in [5.41, 5.74) is 2.85. The Morgan fingerprint density at radius 3 is 2.68 bits per heavy atom. The predicted molar refractivity (Wildman–Crippen MR) is 130 cm³/mol. The minimum absolute atomic E-state index is 0.245. The van der Waals surface area contributed by atoms with E-state index in [4.69, 9.17) is 4.98 Å². The molecule has 1 aromatic carbocycles. The van der Waals surface area contributed by atoms with Crippen LogP contribution in [-0.4, -0.2) is 66.4 Å². The number of fused-ring (bicyclic) bond motifs is 1. The summed E-state index contributed by atoms with van der Waals surface area (Å²) in [7, 11) is 3.98. The van der Waals surface area contributed by atoms with E-state index in [-0.39, 0.29) is 17.9 Å². The number of aromatic nitrogens is 6. The number of carbonyl (C=O) groups is 1. The lowest BCUT2D eigenvalue weighted by Crippen LogP contribution is -2.42. The Labute approximate surface area is 197 Å². The van der Waals surface area contributed by atoms with Crippen LogP contribution in [-0.2, 0) is 7.05 Å². The quantitative estimate of drug-likeness (QED) is 0.470. The fraction of sp³-hybridized carbons (Fsp3) is 0.333. The average Bonchev–Trinajstić information content (AvgIpc) is 3.28. The summed E-state index contributed by atoms with van der Waals surface area (Å²) in [6.07, 6.45) is 7.05. The zero-order chi connectivity index (χ0) is 23.7. The van der Waals surface area contributed by atoms with Gasteiger partial charge >= 0.3 is 0 Å². The fourth-order valence-corrected chi connectivity index (χ4v) is 4.23. The van der Waals surface area contributed by atoms with Crippen LogP contribution in [0.3, 0.4) is 0 Å². The molecule has 10 nitrogen and oxygen atoms in total. The number of carbonyl (C=O) groups excluding carboxylic acids is 1. The first-order chi connectivity index (χ1) is 16.5. The summed E-state index contributed by atoms with van der Waals surface area (Å²) in [6.45, 7) is 3.25. The lowest BCUT2D eigenvalue weighted by Gasteiger charge is -2.35. The van der Waals surface area contributed by atoms with Crippen molar-refractivity contribution >= 4 is 28.6 Å². The number of hydrogen-bond donors (Lipinski definition) is 2. The third kappa shape index (κ3) is 4.58. The number of rotatable bonds is 5. The molecule has 34 heavy (non-hydrogen) atoms. The van der Waals surface area contributed by atoms with Gasteiger partial charge < -0.3 is 10.2 Å². The summed E-state index contributed by atoms with van der Waals surface area (Å²) in [5.74, 6) is 0.669. The van der Waals surface area contributed by atoms with E-state index in [0.717, 1.165) is 36.0 Å². The molecule has 1 saturated heterocycles. The monoisotopic (exact) mass is 457 g/mol. The van der Waals surface area contributed by atoms with Crippen LogP contribution in [0.15, 0.2) is 48.9 Å². The molecule has 4 heterocycles. The van der Waals surface area contributed by atoms with Crippen molar-refractivity contribution in [2.75, 3.05) is 24.2 Å². The van der Waals surface area contributed by atoms with Gasteiger partial charge in [0, 0.05) is 54.6 Å². The largest absolute Gasteiger partial charge is 0.367 e. The fourth-order valence-electron chi connectivity index (χ4n) is 4.23. The van der Waals surface area contributed by atoms with Gasteiger partial charge in [0.1, 0.15) is 11.5 Å². The van der Waals surface area contributed by atoms with Gasteiger partial charge in [0.05, 0.1) is 11.7 Å². The van der Waals surface area contributed by atoms with Gasteiger partial charge in [0.2, 0.25) is 5.95 Å². The zero-order valence-corrected chi connectivity index (χ0v) is 19.4. The van der Waals surface area contributed by atoms with Crippen LogP contribution in [0.2, 0.25) is 0 Å². The maximum atomic E-state index is 12.8. The van der Waals surface area contributed by atoms with Crippen molar-refractivity contribution in [2.24, 2.45) is 7.05 Å². The van der Waals surface area contributed by atoms with Gasteiger partial charge in [-0.05, 0) is 51.1 Å². The van der Waals surface area contributed by atoms with E-state index < -0.39 is 0 Å². The molecular weight excluding hydrogens is 430 g/mol. The summed E-state index contributed by atoms with van der Waals surface area (Å²) in [5, 5.41) is 15.6. The Morgan fingerprint density at radius 2 is 1.94 bits per heavy atom. The smallest absolute Gasteiger partial charge is 0.258 e. The van der Waals surface area contributed by atoms with E-state index in [1.165, 1.54) is 0 Å². The van der Waals surface area contributed by atoms with Gasteiger partial charge in [-0.15, -0.1) is 5.10 Å². The Hall–Kier alpha value is -3.92. The molecule has 0 bridgehead atoms. The zero-order valence-electron chi connectivity index (χ0n) is 19.4. The van der Waals surface area contributed by atoms with Gasteiger partial charge in [-0.3, -0.25) is 19.8 Å². The van der Waals surface area contributed by atoms with Crippen molar-refractivity contribution in [2.45, 2.75) is 31.8 Å². The van der Waals surface area contributed by atoms with Crippen molar-refractivity contribution < 1.29 is 4.79 Å². The van der Waals surface area contributed by atoms with Crippen LogP contribution in [0.5, 0.6) is 0 Å². The molecule has 0 radical (unpaired) electrons. The van der Waals surface area contributed by atoms with Gasteiger partial charge in [-0.2, -0.15) is 4.98 Å². The molecular formula is C24H27N9O. The molecule has 3 aromatic heterocycles. The van der Waals surface area contributed by atoms with Crippen molar-refractivity contribution in [1.29, 1.82) is 0 Å².